The van der Waals surface area contributed by atoms with Crippen molar-refractivity contribution in [1.82, 2.24) is 5.32 Å². The molecule has 0 saturated heterocycles. The zero-order chi connectivity index (χ0) is 17.9. The second-order valence-electron chi connectivity index (χ2n) is 4.37. The largest absolute Gasteiger partial charge is 0.480 e. The first-order valence-corrected chi connectivity index (χ1v) is 7.60. The van der Waals surface area contributed by atoms with Crippen LogP contribution in [-0.4, -0.2) is 96.3 Å². The summed E-state index contributed by atoms with van der Waals surface area (Å²) in [6.45, 7) is 1.80. The van der Waals surface area contributed by atoms with Crippen molar-refractivity contribution >= 4 is 11.9 Å². The number of aliphatic carboxylic acids is 1. The molecule has 0 bridgehead atoms. The smallest absolute Gasteiger partial charge is 0.329 e. The standard InChI is InChI=1S/C14H26FNO8/c15-1-3-20-5-7-22-9-10-23-8-6-21-4-2-16-13(17)11-24-12-14(18)19/h1-12H2,(H,16,17)(H,18,19). The highest BCUT2D eigenvalue weighted by Gasteiger charge is 2.02. The molecule has 0 rings (SSSR count). The summed E-state index contributed by atoms with van der Waals surface area (Å²) in [4.78, 5) is 21.4. The van der Waals surface area contributed by atoms with Crippen LogP contribution in [0.3, 0.4) is 0 Å². The van der Waals surface area contributed by atoms with Crippen molar-refractivity contribution in [2.45, 2.75) is 0 Å². The van der Waals surface area contributed by atoms with E-state index in [0.29, 0.717) is 52.8 Å². The van der Waals surface area contributed by atoms with Crippen LogP contribution in [0, 0.1) is 0 Å². The molecule has 0 aromatic heterocycles. The molecule has 0 aliphatic carbocycles. The molecule has 0 fully saturated rings. The summed E-state index contributed by atoms with van der Waals surface area (Å²) in [6.07, 6.45) is 0. The minimum atomic E-state index is -1.12. The lowest BCUT2D eigenvalue weighted by Gasteiger charge is -2.08. The molecule has 24 heavy (non-hydrogen) atoms. The fourth-order valence-electron chi connectivity index (χ4n) is 1.36. The fourth-order valence-corrected chi connectivity index (χ4v) is 1.36. The number of carbonyl (C=O) groups is 2. The van der Waals surface area contributed by atoms with Gasteiger partial charge in [0.05, 0.1) is 52.9 Å². The molecule has 0 aromatic rings. The number of alkyl halides is 1. The van der Waals surface area contributed by atoms with Gasteiger partial charge in [0.15, 0.2) is 0 Å². The van der Waals surface area contributed by atoms with E-state index in [9.17, 15) is 14.0 Å². The number of halogens is 1. The molecule has 0 aromatic carbocycles. The molecular formula is C14H26FNO8. The molecule has 0 aliphatic heterocycles. The number of rotatable bonds is 18. The highest BCUT2D eigenvalue weighted by atomic mass is 19.1. The Labute approximate surface area is 140 Å². The van der Waals surface area contributed by atoms with Crippen molar-refractivity contribution in [3.63, 3.8) is 0 Å². The van der Waals surface area contributed by atoms with Crippen LogP contribution < -0.4 is 5.32 Å². The molecule has 0 spiro atoms. The lowest BCUT2D eigenvalue weighted by Crippen LogP contribution is -2.31. The summed E-state index contributed by atoms with van der Waals surface area (Å²) in [6, 6.07) is 0. The van der Waals surface area contributed by atoms with Gasteiger partial charge in [0.1, 0.15) is 19.9 Å². The number of nitrogens with one attached hydrogen (secondary N) is 1. The Morgan fingerprint density at radius 2 is 1.25 bits per heavy atom. The second kappa shape index (κ2) is 18.0. The molecule has 9 nitrogen and oxygen atoms in total. The van der Waals surface area contributed by atoms with Crippen molar-refractivity contribution < 1.29 is 42.8 Å². The summed E-state index contributed by atoms with van der Waals surface area (Å²) in [7, 11) is 0. The van der Waals surface area contributed by atoms with E-state index < -0.39 is 25.2 Å². The summed E-state index contributed by atoms with van der Waals surface area (Å²) >= 11 is 0. The van der Waals surface area contributed by atoms with E-state index in [-0.39, 0.29) is 13.2 Å². The van der Waals surface area contributed by atoms with E-state index in [1.807, 2.05) is 0 Å². The van der Waals surface area contributed by atoms with Crippen LogP contribution in [0.15, 0.2) is 0 Å². The summed E-state index contributed by atoms with van der Waals surface area (Å²) < 4.78 is 36.9. The van der Waals surface area contributed by atoms with Gasteiger partial charge in [-0.3, -0.25) is 4.79 Å². The quantitative estimate of drug-likeness (QED) is 0.309. The topological polar surface area (TPSA) is 113 Å². The van der Waals surface area contributed by atoms with Crippen LogP contribution in [-0.2, 0) is 33.3 Å². The van der Waals surface area contributed by atoms with Gasteiger partial charge >= 0.3 is 5.97 Å². The Balaban J connectivity index is 3.12. The first kappa shape index (κ1) is 22.7. The second-order valence-corrected chi connectivity index (χ2v) is 4.37. The minimum Gasteiger partial charge on any atom is -0.480 e. The average molecular weight is 355 g/mol. The van der Waals surface area contributed by atoms with Gasteiger partial charge in [-0.1, -0.05) is 0 Å². The SMILES string of the molecule is O=C(O)COCC(=O)NCCOCCOCCOCCOCCF. The van der Waals surface area contributed by atoms with Crippen LogP contribution in [0.1, 0.15) is 0 Å². The lowest BCUT2D eigenvalue weighted by atomic mass is 10.6. The van der Waals surface area contributed by atoms with Crippen molar-refractivity contribution in [2.75, 3.05) is 79.3 Å². The predicted molar refractivity (Wildman–Crippen MR) is 80.7 cm³/mol. The number of carboxylic acid groups (broad SMARTS) is 1. The van der Waals surface area contributed by atoms with E-state index in [2.05, 4.69) is 10.1 Å². The van der Waals surface area contributed by atoms with Gasteiger partial charge in [-0.15, -0.1) is 0 Å². The van der Waals surface area contributed by atoms with Crippen LogP contribution in [0.25, 0.3) is 0 Å². The number of hydrogen-bond donors (Lipinski definition) is 2. The van der Waals surface area contributed by atoms with Gasteiger partial charge < -0.3 is 34.1 Å². The van der Waals surface area contributed by atoms with Crippen LogP contribution >= 0.6 is 0 Å². The van der Waals surface area contributed by atoms with Gasteiger partial charge in [0.2, 0.25) is 5.91 Å². The molecular weight excluding hydrogens is 329 g/mol. The highest BCUT2D eigenvalue weighted by Crippen LogP contribution is 1.83. The number of carboxylic acids is 1. The zero-order valence-corrected chi connectivity index (χ0v) is 13.7. The van der Waals surface area contributed by atoms with Gasteiger partial charge in [-0.2, -0.15) is 0 Å². The maximum Gasteiger partial charge on any atom is 0.329 e. The maximum absolute atomic E-state index is 11.7. The third-order valence-electron chi connectivity index (χ3n) is 2.36. The van der Waals surface area contributed by atoms with Crippen molar-refractivity contribution in [3.8, 4) is 0 Å². The Hall–Kier alpha value is -1.33. The molecule has 0 atom stereocenters. The average Bonchev–Trinajstić information content (AvgIpc) is 2.55. The van der Waals surface area contributed by atoms with Crippen LogP contribution in [0.5, 0.6) is 0 Å². The van der Waals surface area contributed by atoms with Gasteiger partial charge in [0, 0.05) is 6.54 Å². The summed E-state index contributed by atoms with van der Waals surface area (Å²) in [5.74, 6) is -1.52. The molecule has 0 heterocycles. The lowest BCUT2D eigenvalue weighted by molar-refractivity contribution is -0.143. The maximum atomic E-state index is 11.7. The number of ether oxygens (including phenoxy) is 5. The van der Waals surface area contributed by atoms with Crippen LogP contribution in [0.4, 0.5) is 4.39 Å². The molecule has 142 valence electrons. The van der Waals surface area contributed by atoms with E-state index in [1.54, 1.807) is 0 Å². The Bertz CT molecular complexity index is 319. The zero-order valence-electron chi connectivity index (χ0n) is 13.7. The number of carbonyl (C=O) groups excluding carboxylic acids is 1. The van der Waals surface area contributed by atoms with E-state index in [1.165, 1.54) is 0 Å². The van der Waals surface area contributed by atoms with Crippen molar-refractivity contribution in [2.24, 2.45) is 0 Å². The van der Waals surface area contributed by atoms with E-state index in [0.717, 1.165) is 0 Å². The normalized spacial score (nSPS) is 10.7. The summed E-state index contributed by atoms with van der Waals surface area (Å²) in [5, 5.41) is 10.8. The Morgan fingerprint density at radius 1 is 0.750 bits per heavy atom. The number of hydrogen-bond acceptors (Lipinski definition) is 7. The fraction of sp³-hybridized carbons (Fsp3) is 0.857. The van der Waals surface area contributed by atoms with Gasteiger partial charge in [-0.25, -0.2) is 9.18 Å². The molecule has 0 radical (unpaired) electrons. The Kier molecular flexibility index (Phi) is 17.0. The van der Waals surface area contributed by atoms with Crippen molar-refractivity contribution in [1.29, 1.82) is 0 Å². The van der Waals surface area contributed by atoms with Crippen molar-refractivity contribution in [3.05, 3.63) is 0 Å². The van der Waals surface area contributed by atoms with E-state index >= 15 is 0 Å². The summed E-state index contributed by atoms with van der Waals surface area (Å²) in [5.41, 5.74) is 0. The molecule has 1 amide bonds. The van der Waals surface area contributed by atoms with Crippen LogP contribution in [0.2, 0.25) is 0 Å². The Morgan fingerprint density at radius 3 is 1.75 bits per heavy atom. The number of amides is 1. The third kappa shape index (κ3) is 18.7. The van der Waals surface area contributed by atoms with Gasteiger partial charge in [-0.05, 0) is 0 Å². The minimum absolute atomic E-state index is 0.0903. The van der Waals surface area contributed by atoms with E-state index in [4.69, 9.17) is 24.1 Å². The highest BCUT2D eigenvalue weighted by molar-refractivity contribution is 5.77. The third-order valence-corrected chi connectivity index (χ3v) is 2.36. The van der Waals surface area contributed by atoms with Gasteiger partial charge in [0.25, 0.3) is 0 Å². The molecule has 10 heteroatoms. The predicted octanol–water partition coefficient (Wildman–Crippen LogP) is -0.760. The molecule has 2 N–H and O–H groups in total. The molecule has 0 unspecified atom stereocenters. The first-order valence-electron chi connectivity index (χ1n) is 7.60. The first-order chi connectivity index (χ1) is 11.7. The molecule has 0 saturated carbocycles. The monoisotopic (exact) mass is 355 g/mol. The molecule has 0 aliphatic rings.